The maximum absolute atomic E-state index is 13.8. The van der Waals surface area contributed by atoms with E-state index in [-0.39, 0.29) is 37.4 Å². The van der Waals surface area contributed by atoms with E-state index >= 15 is 0 Å². The van der Waals surface area contributed by atoms with Crippen LogP contribution in [0.4, 0.5) is 8.78 Å². The number of fused-ring (bicyclic) bond motifs is 5. The number of amides is 1. The van der Waals surface area contributed by atoms with Crippen LogP contribution in [0.2, 0.25) is 0 Å². The van der Waals surface area contributed by atoms with Crippen LogP contribution in [0.25, 0.3) is 11.1 Å². The van der Waals surface area contributed by atoms with E-state index in [9.17, 15) is 18.7 Å². The molecule has 4 N–H and O–H groups in total. The van der Waals surface area contributed by atoms with Gasteiger partial charge in [0.1, 0.15) is 11.6 Å². The van der Waals surface area contributed by atoms with Crippen LogP contribution in [0.15, 0.2) is 60.9 Å². The number of hydrogen-bond donors (Lipinski definition) is 4. The highest BCUT2D eigenvalue weighted by atomic mass is 19.1. The van der Waals surface area contributed by atoms with E-state index in [1.165, 1.54) is 12.1 Å². The summed E-state index contributed by atoms with van der Waals surface area (Å²) in [5.74, 6) is -1.60. The molecule has 4 atom stereocenters. The number of nitrogens with one attached hydrogen (secondary N) is 3. The summed E-state index contributed by atoms with van der Waals surface area (Å²) in [6.07, 6.45) is 8.95. The zero-order valence-electron chi connectivity index (χ0n) is 21.0. The van der Waals surface area contributed by atoms with E-state index in [1.54, 1.807) is 6.20 Å². The van der Waals surface area contributed by atoms with Gasteiger partial charge in [0.05, 0.1) is 31.1 Å². The first-order valence-corrected chi connectivity index (χ1v) is 13.0. The molecule has 1 aliphatic heterocycles. The third-order valence-corrected chi connectivity index (χ3v) is 7.19. The topological polar surface area (TPSA) is 99.3 Å². The van der Waals surface area contributed by atoms with Crippen LogP contribution in [-0.2, 0) is 16.0 Å². The summed E-state index contributed by atoms with van der Waals surface area (Å²) in [6.45, 7) is 0.650. The lowest BCUT2D eigenvalue weighted by Crippen LogP contribution is -2.49. The molecule has 9 heteroatoms. The van der Waals surface area contributed by atoms with Gasteiger partial charge in [-0.25, -0.2) is 8.78 Å². The minimum atomic E-state index is -0.987. The number of halogens is 2. The summed E-state index contributed by atoms with van der Waals surface area (Å²) < 4.78 is 33.9. The van der Waals surface area contributed by atoms with Gasteiger partial charge in [-0.15, -0.1) is 0 Å². The van der Waals surface area contributed by atoms with Crippen molar-refractivity contribution in [3.63, 3.8) is 0 Å². The van der Waals surface area contributed by atoms with E-state index in [0.717, 1.165) is 34.7 Å². The van der Waals surface area contributed by atoms with Gasteiger partial charge in [0.25, 0.3) is 0 Å². The Kier molecular flexibility index (Phi) is 8.26. The first-order valence-electron chi connectivity index (χ1n) is 13.0. The normalized spacial score (nSPS) is 24.7. The number of nitrogens with zero attached hydrogens (tertiary/aromatic N) is 1. The number of allylic oxidation sites excluding steroid dienone is 1. The number of rotatable bonds is 3. The minimum absolute atomic E-state index is 0.0867. The van der Waals surface area contributed by atoms with Crippen LogP contribution >= 0.6 is 0 Å². The number of ether oxygens (including phenoxy) is 1. The van der Waals surface area contributed by atoms with E-state index in [2.05, 4.69) is 39.0 Å². The molecule has 7 nitrogen and oxygen atoms in total. The number of aliphatic hydroxyl groups is 1. The van der Waals surface area contributed by atoms with Crippen LogP contribution in [-0.4, -0.2) is 46.5 Å². The van der Waals surface area contributed by atoms with E-state index in [1.807, 2.05) is 18.3 Å². The number of aromatic amines is 1. The Hall–Kier alpha value is -3.40. The Bertz CT molecular complexity index is 1260. The highest BCUT2D eigenvalue weighted by Crippen LogP contribution is 2.42. The first kappa shape index (κ1) is 26.2. The smallest absolute Gasteiger partial charge is 0.220 e. The predicted molar refractivity (Wildman–Crippen MR) is 139 cm³/mol. The Balaban J connectivity index is 1.39. The molecule has 1 aliphatic carbocycles. The molecule has 0 saturated carbocycles. The van der Waals surface area contributed by atoms with Gasteiger partial charge in [-0.3, -0.25) is 9.89 Å². The standard InChI is InChI=1S/C29H32F2N4O3/c30-21-9-18(10-22(31)13-21)11-26-27(36)17-32-25-14-28(38-8-4-2-1-3-5-29(37)35-26)23-7-6-19(12-24(23)25)20-15-33-34-16-20/h2,4,6-7,9-10,12-13,15-16,25-28,32,36H,1,3,5,8,11,14,17H2,(H,33,34)(H,35,37)/t25-,26-,27+,28+/m0/s1. The molecule has 0 unspecified atom stereocenters. The van der Waals surface area contributed by atoms with Gasteiger partial charge >= 0.3 is 0 Å². The molecule has 0 saturated heterocycles. The van der Waals surface area contributed by atoms with Crippen LogP contribution < -0.4 is 10.6 Å². The summed E-state index contributed by atoms with van der Waals surface area (Å²) in [7, 11) is 0. The largest absolute Gasteiger partial charge is 0.390 e. The highest BCUT2D eigenvalue weighted by molar-refractivity contribution is 5.76. The Morgan fingerprint density at radius 1 is 1.05 bits per heavy atom. The SMILES string of the molecule is O=C1CCCC=CCO[C@@H]2C[C@H](NC[C@@H](O)[C@H](Cc3cc(F)cc(F)c3)N1)c1cc(-c3cn[nH]c3)ccc12. The number of aliphatic hydroxyl groups excluding tert-OH is 1. The fraction of sp³-hybridized carbons (Fsp3) is 0.379. The van der Waals surface area contributed by atoms with Crippen molar-refractivity contribution in [2.45, 2.75) is 56.4 Å². The van der Waals surface area contributed by atoms with Crippen LogP contribution in [0, 0.1) is 11.6 Å². The molecule has 0 spiro atoms. The molecule has 1 amide bonds. The minimum Gasteiger partial charge on any atom is -0.390 e. The monoisotopic (exact) mass is 522 g/mol. The first-order chi connectivity index (χ1) is 18.5. The van der Waals surface area contributed by atoms with Crippen LogP contribution in [0.5, 0.6) is 0 Å². The van der Waals surface area contributed by atoms with Crippen molar-refractivity contribution in [3.05, 3.63) is 89.3 Å². The van der Waals surface area contributed by atoms with E-state index < -0.39 is 23.8 Å². The van der Waals surface area contributed by atoms with Gasteiger partial charge in [0.15, 0.2) is 0 Å². The molecule has 38 heavy (non-hydrogen) atoms. The van der Waals surface area contributed by atoms with Gasteiger partial charge in [0, 0.05) is 36.8 Å². The number of H-pyrrole nitrogens is 1. The number of benzene rings is 2. The third kappa shape index (κ3) is 6.35. The molecular formula is C29H32F2N4O3. The van der Waals surface area contributed by atoms with Crippen LogP contribution in [0.1, 0.15) is 54.5 Å². The molecule has 2 aromatic carbocycles. The maximum atomic E-state index is 13.8. The maximum Gasteiger partial charge on any atom is 0.220 e. The lowest BCUT2D eigenvalue weighted by atomic mass is 9.99. The molecule has 0 fully saturated rings. The zero-order chi connectivity index (χ0) is 26.5. The Morgan fingerprint density at radius 2 is 1.89 bits per heavy atom. The lowest BCUT2D eigenvalue weighted by Gasteiger charge is -2.26. The second-order valence-corrected chi connectivity index (χ2v) is 9.94. The molecule has 200 valence electrons. The van der Waals surface area contributed by atoms with Crippen molar-refractivity contribution < 1.29 is 23.4 Å². The van der Waals surface area contributed by atoms with Crippen molar-refractivity contribution in [2.75, 3.05) is 13.2 Å². The molecule has 5 rings (SSSR count). The van der Waals surface area contributed by atoms with E-state index in [0.29, 0.717) is 25.0 Å². The van der Waals surface area contributed by atoms with Crippen molar-refractivity contribution in [1.29, 1.82) is 0 Å². The van der Waals surface area contributed by atoms with Crippen molar-refractivity contribution in [1.82, 2.24) is 20.8 Å². The second-order valence-electron chi connectivity index (χ2n) is 9.94. The molecule has 0 radical (unpaired) electrons. The highest BCUT2D eigenvalue weighted by Gasteiger charge is 2.33. The predicted octanol–water partition coefficient (Wildman–Crippen LogP) is 4.28. The summed E-state index contributed by atoms with van der Waals surface area (Å²) in [5.41, 5.74) is 4.55. The van der Waals surface area contributed by atoms with Crippen molar-refractivity contribution in [2.24, 2.45) is 0 Å². The summed E-state index contributed by atoms with van der Waals surface area (Å²) >= 11 is 0. The van der Waals surface area contributed by atoms with Gasteiger partial charge in [0.2, 0.25) is 5.91 Å². The average molecular weight is 523 g/mol. The Morgan fingerprint density at radius 3 is 2.68 bits per heavy atom. The molecule has 3 aromatic rings. The van der Waals surface area contributed by atoms with Crippen molar-refractivity contribution in [3.8, 4) is 11.1 Å². The molecular weight excluding hydrogens is 490 g/mol. The van der Waals surface area contributed by atoms with Crippen LogP contribution in [0.3, 0.4) is 0 Å². The van der Waals surface area contributed by atoms with Crippen molar-refractivity contribution >= 4 is 5.91 Å². The lowest BCUT2D eigenvalue weighted by molar-refractivity contribution is -0.122. The number of carbonyl (C=O) groups excluding carboxylic acids is 1. The summed E-state index contributed by atoms with van der Waals surface area (Å²) in [6, 6.07) is 8.71. The zero-order valence-corrected chi connectivity index (χ0v) is 21.0. The van der Waals surface area contributed by atoms with E-state index in [4.69, 9.17) is 4.74 Å². The average Bonchev–Trinajstić information content (AvgIpc) is 3.53. The quantitative estimate of drug-likeness (QED) is 0.385. The molecule has 2 aliphatic rings. The second kappa shape index (κ2) is 12.0. The van der Waals surface area contributed by atoms with Gasteiger partial charge in [-0.1, -0.05) is 24.3 Å². The summed E-state index contributed by atoms with van der Waals surface area (Å²) in [5, 5.41) is 24.4. The number of β-amino-alcohol motifs (C(OH)–C–C–N with tert-alkyl or cyclic N) is 1. The van der Waals surface area contributed by atoms with Gasteiger partial charge < -0.3 is 20.5 Å². The Labute approximate surface area is 220 Å². The number of aromatic nitrogens is 2. The van der Waals surface area contributed by atoms with Gasteiger partial charge in [-0.05, 0) is 66.1 Å². The molecule has 2 bridgehead atoms. The number of hydrogen-bond acceptors (Lipinski definition) is 5. The molecule has 1 aromatic heterocycles. The third-order valence-electron chi connectivity index (χ3n) is 7.19. The fourth-order valence-corrected chi connectivity index (χ4v) is 5.27. The summed E-state index contributed by atoms with van der Waals surface area (Å²) in [4.78, 5) is 12.6. The van der Waals surface area contributed by atoms with Gasteiger partial charge in [-0.2, -0.15) is 5.10 Å². The molecule has 2 heterocycles. The number of carbonyl (C=O) groups is 1. The fourth-order valence-electron chi connectivity index (χ4n) is 5.27.